The number of rotatable bonds is 6. The van der Waals surface area contributed by atoms with Crippen molar-refractivity contribution in [3.05, 3.63) is 29.8 Å². The summed E-state index contributed by atoms with van der Waals surface area (Å²) in [6.07, 6.45) is 2.02. The Bertz CT molecular complexity index is 351. The molecule has 1 saturated heterocycles. The minimum absolute atomic E-state index is 0.189. The van der Waals surface area contributed by atoms with Crippen LogP contribution < -0.4 is 10.6 Å². The number of aliphatic hydroxyl groups is 1. The second-order valence-corrected chi connectivity index (χ2v) is 4.54. The molecule has 3 N–H and O–H groups in total. The van der Waals surface area contributed by atoms with Gasteiger partial charge in [0.2, 0.25) is 0 Å². The number of nitrogens with one attached hydrogen (secondary N) is 2. The van der Waals surface area contributed by atoms with E-state index in [9.17, 15) is 0 Å². The number of hydrogen-bond acceptors (Lipinski definition) is 4. The maximum absolute atomic E-state index is 9.02. The average molecular weight is 250 g/mol. The third kappa shape index (κ3) is 3.98. The molecule has 4 nitrogen and oxygen atoms in total. The average Bonchev–Trinajstić information content (AvgIpc) is 2.42. The lowest BCUT2D eigenvalue weighted by Gasteiger charge is -2.24. The molecule has 1 fully saturated rings. The molecule has 100 valence electrons. The highest BCUT2D eigenvalue weighted by Crippen LogP contribution is 2.15. The highest BCUT2D eigenvalue weighted by atomic mass is 16.5. The van der Waals surface area contributed by atoms with Crippen LogP contribution in [0.2, 0.25) is 0 Å². The van der Waals surface area contributed by atoms with Crippen LogP contribution in [0.25, 0.3) is 0 Å². The number of ether oxygens (including phenoxy) is 1. The van der Waals surface area contributed by atoms with Crippen molar-refractivity contribution >= 4 is 5.69 Å². The van der Waals surface area contributed by atoms with Gasteiger partial charge < -0.3 is 20.5 Å². The van der Waals surface area contributed by atoms with Crippen LogP contribution in [0.3, 0.4) is 0 Å². The normalized spacial score (nSPS) is 19.7. The second-order valence-electron chi connectivity index (χ2n) is 4.54. The van der Waals surface area contributed by atoms with E-state index in [1.165, 1.54) is 5.56 Å². The minimum atomic E-state index is 0.189. The Morgan fingerprint density at radius 1 is 1.39 bits per heavy atom. The SMILES string of the molecule is OCCc1ccccc1NCCC1CNCCO1. The van der Waals surface area contributed by atoms with Gasteiger partial charge in [0.15, 0.2) is 0 Å². The third-order valence-electron chi connectivity index (χ3n) is 3.18. The van der Waals surface area contributed by atoms with Gasteiger partial charge in [0.05, 0.1) is 12.7 Å². The molecule has 1 aromatic carbocycles. The van der Waals surface area contributed by atoms with E-state index in [4.69, 9.17) is 9.84 Å². The van der Waals surface area contributed by atoms with Gasteiger partial charge in [-0.15, -0.1) is 0 Å². The van der Waals surface area contributed by atoms with Gasteiger partial charge >= 0.3 is 0 Å². The smallest absolute Gasteiger partial charge is 0.0716 e. The van der Waals surface area contributed by atoms with Gasteiger partial charge in [-0.25, -0.2) is 0 Å². The maximum Gasteiger partial charge on any atom is 0.0716 e. The molecule has 1 aliphatic heterocycles. The summed E-state index contributed by atoms with van der Waals surface area (Å²) in [6, 6.07) is 8.13. The van der Waals surface area contributed by atoms with Crippen LogP contribution in [0.5, 0.6) is 0 Å². The Morgan fingerprint density at radius 2 is 2.28 bits per heavy atom. The molecular weight excluding hydrogens is 228 g/mol. The fraction of sp³-hybridized carbons (Fsp3) is 0.571. The minimum Gasteiger partial charge on any atom is -0.396 e. The molecule has 1 aliphatic rings. The molecule has 0 aromatic heterocycles. The van der Waals surface area contributed by atoms with Crippen molar-refractivity contribution in [2.45, 2.75) is 18.9 Å². The van der Waals surface area contributed by atoms with Crippen LogP contribution in [-0.4, -0.2) is 44.1 Å². The molecule has 2 rings (SSSR count). The molecule has 0 amide bonds. The fourth-order valence-corrected chi connectivity index (χ4v) is 2.20. The van der Waals surface area contributed by atoms with Gasteiger partial charge in [-0.1, -0.05) is 18.2 Å². The molecule has 4 heteroatoms. The molecule has 1 aromatic rings. The molecular formula is C14H22N2O2. The summed E-state index contributed by atoms with van der Waals surface area (Å²) in [4.78, 5) is 0. The quantitative estimate of drug-likeness (QED) is 0.705. The second kappa shape index (κ2) is 7.36. The van der Waals surface area contributed by atoms with E-state index in [1.54, 1.807) is 0 Å². The molecule has 0 aliphatic carbocycles. The zero-order valence-electron chi connectivity index (χ0n) is 10.7. The predicted octanol–water partition coefficient (Wildman–Crippen LogP) is 1.01. The first-order valence-corrected chi connectivity index (χ1v) is 6.65. The first kappa shape index (κ1) is 13.3. The van der Waals surface area contributed by atoms with Gasteiger partial charge in [-0.05, 0) is 24.5 Å². The van der Waals surface area contributed by atoms with Gasteiger partial charge in [0, 0.05) is 31.9 Å². The van der Waals surface area contributed by atoms with Crippen molar-refractivity contribution < 1.29 is 9.84 Å². The van der Waals surface area contributed by atoms with Gasteiger partial charge in [0.25, 0.3) is 0 Å². The molecule has 0 bridgehead atoms. The van der Waals surface area contributed by atoms with E-state index in [0.29, 0.717) is 12.5 Å². The summed E-state index contributed by atoms with van der Waals surface area (Å²) in [5.74, 6) is 0. The lowest BCUT2D eigenvalue weighted by molar-refractivity contribution is 0.0258. The van der Waals surface area contributed by atoms with E-state index in [2.05, 4.69) is 22.8 Å². The van der Waals surface area contributed by atoms with Crippen molar-refractivity contribution in [2.24, 2.45) is 0 Å². The number of anilines is 1. The molecule has 0 radical (unpaired) electrons. The zero-order chi connectivity index (χ0) is 12.6. The number of hydrogen-bond donors (Lipinski definition) is 3. The lowest BCUT2D eigenvalue weighted by Crippen LogP contribution is -2.39. The van der Waals surface area contributed by atoms with Crippen LogP contribution in [-0.2, 0) is 11.2 Å². The van der Waals surface area contributed by atoms with E-state index in [-0.39, 0.29) is 6.61 Å². The third-order valence-corrected chi connectivity index (χ3v) is 3.18. The van der Waals surface area contributed by atoms with Crippen molar-refractivity contribution in [2.75, 3.05) is 38.2 Å². The van der Waals surface area contributed by atoms with Crippen LogP contribution >= 0.6 is 0 Å². The molecule has 0 spiro atoms. The summed E-state index contributed by atoms with van der Waals surface area (Å²) < 4.78 is 5.65. The maximum atomic E-state index is 9.02. The summed E-state index contributed by atoms with van der Waals surface area (Å²) >= 11 is 0. The van der Waals surface area contributed by atoms with Crippen LogP contribution in [0.15, 0.2) is 24.3 Å². The van der Waals surface area contributed by atoms with Gasteiger partial charge in [-0.3, -0.25) is 0 Å². The summed E-state index contributed by atoms with van der Waals surface area (Å²) in [5, 5.41) is 15.8. The zero-order valence-corrected chi connectivity index (χ0v) is 10.7. The van der Waals surface area contributed by atoms with E-state index in [0.717, 1.165) is 38.3 Å². The standard InChI is InChI=1S/C14H22N2O2/c17-9-6-12-3-1-2-4-14(12)16-7-5-13-11-15-8-10-18-13/h1-4,13,15-17H,5-11H2. The molecule has 0 saturated carbocycles. The highest BCUT2D eigenvalue weighted by Gasteiger charge is 2.12. The Balaban J connectivity index is 1.78. The Kier molecular flexibility index (Phi) is 5.45. The van der Waals surface area contributed by atoms with E-state index in [1.807, 2.05) is 12.1 Å². The molecule has 18 heavy (non-hydrogen) atoms. The fourth-order valence-electron chi connectivity index (χ4n) is 2.20. The topological polar surface area (TPSA) is 53.5 Å². The van der Waals surface area contributed by atoms with E-state index < -0.39 is 0 Å². The molecule has 1 unspecified atom stereocenters. The summed E-state index contributed by atoms with van der Waals surface area (Å²) in [6.45, 7) is 3.80. The van der Waals surface area contributed by atoms with Crippen molar-refractivity contribution in [1.82, 2.24) is 5.32 Å². The summed E-state index contributed by atoms with van der Waals surface area (Å²) in [7, 11) is 0. The monoisotopic (exact) mass is 250 g/mol. The predicted molar refractivity (Wildman–Crippen MR) is 72.9 cm³/mol. The van der Waals surface area contributed by atoms with Crippen LogP contribution in [0, 0.1) is 0 Å². The molecule has 1 atom stereocenters. The van der Waals surface area contributed by atoms with E-state index >= 15 is 0 Å². The highest BCUT2D eigenvalue weighted by molar-refractivity contribution is 5.51. The number of benzene rings is 1. The Labute approximate surface area is 108 Å². The molecule has 1 heterocycles. The van der Waals surface area contributed by atoms with Crippen molar-refractivity contribution in [1.29, 1.82) is 0 Å². The number of morpholine rings is 1. The van der Waals surface area contributed by atoms with Gasteiger partial charge in [0.1, 0.15) is 0 Å². The number of para-hydroxylation sites is 1. The van der Waals surface area contributed by atoms with Crippen LogP contribution in [0.1, 0.15) is 12.0 Å². The Morgan fingerprint density at radius 3 is 3.06 bits per heavy atom. The van der Waals surface area contributed by atoms with Crippen molar-refractivity contribution in [3.8, 4) is 0 Å². The first-order chi connectivity index (χ1) is 8.90. The van der Waals surface area contributed by atoms with Gasteiger partial charge in [-0.2, -0.15) is 0 Å². The lowest BCUT2D eigenvalue weighted by atomic mass is 10.1. The van der Waals surface area contributed by atoms with Crippen molar-refractivity contribution in [3.63, 3.8) is 0 Å². The number of aliphatic hydroxyl groups excluding tert-OH is 1. The first-order valence-electron chi connectivity index (χ1n) is 6.65. The Hall–Kier alpha value is -1.10. The largest absolute Gasteiger partial charge is 0.396 e. The summed E-state index contributed by atoms with van der Waals surface area (Å²) in [5.41, 5.74) is 2.29. The van der Waals surface area contributed by atoms with Crippen LogP contribution in [0.4, 0.5) is 5.69 Å².